The van der Waals surface area contributed by atoms with Gasteiger partial charge in [-0.15, -0.1) is 0 Å². The van der Waals surface area contributed by atoms with Crippen molar-refractivity contribution in [3.8, 4) is 0 Å². The monoisotopic (exact) mass is 353 g/mol. The number of rotatable bonds is 4. The number of amides is 1. The van der Waals surface area contributed by atoms with Gasteiger partial charge in [-0.1, -0.05) is 12.8 Å². The maximum atomic E-state index is 12.7. The summed E-state index contributed by atoms with van der Waals surface area (Å²) < 4.78 is 0. The van der Waals surface area contributed by atoms with E-state index in [4.69, 9.17) is 0 Å². The molecule has 1 N–H and O–H groups in total. The van der Waals surface area contributed by atoms with Crippen LogP contribution in [0.4, 0.5) is 17.2 Å². The number of carbonyl (C=O) groups excluding carboxylic acids is 1. The molecule has 1 amide bonds. The topological polar surface area (TPSA) is 61.4 Å². The number of nitrogens with one attached hydrogen (secondary N) is 1. The van der Waals surface area contributed by atoms with Gasteiger partial charge in [-0.3, -0.25) is 4.79 Å². The summed E-state index contributed by atoms with van der Waals surface area (Å²) in [6, 6.07) is 9.56. The van der Waals surface area contributed by atoms with Crippen molar-refractivity contribution in [3.05, 3.63) is 41.9 Å². The highest BCUT2D eigenvalue weighted by Crippen LogP contribution is 2.20. The molecule has 1 saturated heterocycles. The molecule has 2 aromatic rings. The van der Waals surface area contributed by atoms with E-state index in [-0.39, 0.29) is 5.91 Å². The minimum absolute atomic E-state index is 0.204. The van der Waals surface area contributed by atoms with Crippen molar-refractivity contribution in [1.82, 2.24) is 9.97 Å². The molecule has 2 heterocycles. The number of carbonyl (C=O) groups is 1. The second-order valence-corrected chi connectivity index (χ2v) is 6.96. The third kappa shape index (κ3) is 4.50. The molecule has 0 unspecified atom stereocenters. The first-order valence-corrected chi connectivity index (χ1v) is 9.22. The van der Waals surface area contributed by atoms with Crippen LogP contribution in [0.1, 0.15) is 42.0 Å². The maximum absolute atomic E-state index is 12.7. The molecular weight excluding hydrogens is 326 g/mol. The average molecular weight is 353 g/mol. The molecule has 1 aliphatic heterocycles. The van der Waals surface area contributed by atoms with E-state index in [0.717, 1.165) is 30.3 Å². The molecule has 1 fully saturated rings. The maximum Gasteiger partial charge on any atom is 0.274 e. The van der Waals surface area contributed by atoms with Crippen LogP contribution < -0.4 is 15.1 Å². The highest BCUT2D eigenvalue weighted by atomic mass is 16.1. The van der Waals surface area contributed by atoms with Crippen molar-refractivity contribution < 1.29 is 4.79 Å². The van der Waals surface area contributed by atoms with E-state index < -0.39 is 0 Å². The van der Waals surface area contributed by atoms with Gasteiger partial charge in [-0.25, -0.2) is 9.97 Å². The summed E-state index contributed by atoms with van der Waals surface area (Å²) in [4.78, 5) is 25.8. The van der Waals surface area contributed by atoms with Crippen LogP contribution in [0.2, 0.25) is 0 Å². The average Bonchev–Trinajstić information content (AvgIpc) is 2.91. The number of benzene rings is 1. The molecule has 6 heteroatoms. The van der Waals surface area contributed by atoms with E-state index in [1.165, 1.54) is 25.7 Å². The fourth-order valence-electron chi connectivity index (χ4n) is 3.17. The molecule has 0 aliphatic carbocycles. The smallest absolute Gasteiger partial charge is 0.274 e. The number of nitrogens with zero attached hydrogens (tertiary/aromatic N) is 4. The van der Waals surface area contributed by atoms with Crippen molar-refractivity contribution in [2.24, 2.45) is 0 Å². The lowest BCUT2D eigenvalue weighted by Gasteiger charge is -2.22. The number of hydrogen-bond acceptors (Lipinski definition) is 5. The highest BCUT2D eigenvalue weighted by Gasteiger charge is 2.16. The highest BCUT2D eigenvalue weighted by molar-refractivity contribution is 6.03. The van der Waals surface area contributed by atoms with Crippen LogP contribution in [0.3, 0.4) is 0 Å². The Bertz CT molecular complexity index is 749. The summed E-state index contributed by atoms with van der Waals surface area (Å²) >= 11 is 0. The van der Waals surface area contributed by atoms with E-state index in [0.29, 0.717) is 11.5 Å². The molecule has 1 aromatic carbocycles. The normalized spacial score (nSPS) is 14.7. The van der Waals surface area contributed by atoms with Crippen LogP contribution in [0.5, 0.6) is 0 Å². The first kappa shape index (κ1) is 18.2. The lowest BCUT2D eigenvalue weighted by atomic mass is 10.2. The van der Waals surface area contributed by atoms with Gasteiger partial charge in [-0.05, 0) is 44.0 Å². The Balaban J connectivity index is 1.76. The Morgan fingerprint density at radius 2 is 1.69 bits per heavy atom. The molecular formula is C20H27N5O. The van der Waals surface area contributed by atoms with Crippen molar-refractivity contribution >= 4 is 23.1 Å². The molecule has 0 saturated carbocycles. The van der Waals surface area contributed by atoms with E-state index in [2.05, 4.69) is 20.2 Å². The van der Waals surface area contributed by atoms with E-state index >= 15 is 0 Å². The van der Waals surface area contributed by atoms with Crippen LogP contribution >= 0.6 is 0 Å². The van der Waals surface area contributed by atoms with Gasteiger partial charge in [0.25, 0.3) is 5.91 Å². The molecule has 6 nitrogen and oxygen atoms in total. The first-order chi connectivity index (χ1) is 12.5. The van der Waals surface area contributed by atoms with Crippen molar-refractivity contribution in [3.63, 3.8) is 0 Å². The standard InChI is InChI=1S/C20H27N5O/c1-15-21-18(14-19(22-15)25-12-6-4-5-7-13-25)20(26)23-16-8-10-17(11-9-16)24(2)3/h8-11,14H,4-7,12-13H2,1-3H3,(H,23,26). The van der Waals surface area contributed by atoms with Gasteiger partial charge in [0.05, 0.1) is 0 Å². The summed E-state index contributed by atoms with van der Waals surface area (Å²) in [6.07, 6.45) is 4.86. The number of aryl methyl sites for hydroxylation is 1. The molecule has 138 valence electrons. The van der Waals surface area contributed by atoms with Gasteiger partial charge in [0.15, 0.2) is 0 Å². The van der Waals surface area contributed by atoms with Gasteiger partial charge < -0.3 is 15.1 Å². The lowest BCUT2D eigenvalue weighted by molar-refractivity contribution is 0.102. The Kier molecular flexibility index (Phi) is 5.71. The van der Waals surface area contributed by atoms with Gasteiger partial charge in [-0.2, -0.15) is 0 Å². The quantitative estimate of drug-likeness (QED) is 0.912. The van der Waals surface area contributed by atoms with Crippen LogP contribution in [-0.4, -0.2) is 43.1 Å². The second-order valence-electron chi connectivity index (χ2n) is 6.96. The molecule has 0 radical (unpaired) electrons. The molecule has 0 spiro atoms. The molecule has 1 aromatic heterocycles. The first-order valence-electron chi connectivity index (χ1n) is 9.22. The lowest BCUT2D eigenvalue weighted by Crippen LogP contribution is -2.26. The van der Waals surface area contributed by atoms with Crippen LogP contribution in [0.15, 0.2) is 30.3 Å². The largest absolute Gasteiger partial charge is 0.378 e. The van der Waals surface area contributed by atoms with Crippen molar-refractivity contribution in [2.75, 3.05) is 42.3 Å². The fourth-order valence-corrected chi connectivity index (χ4v) is 3.17. The van der Waals surface area contributed by atoms with Crippen LogP contribution in [0.25, 0.3) is 0 Å². The summed E-state index contributed by atoms with van der Waals surface area (Å²) in [5.41, 5.74) is 2.26. The summed E-state index contributed by atoms with van der Waals surface area (Å²) in [5.74, 6) is 1.27. The Labute approximate surface area is 155 Å². The summed E-state index contributed by atoms with van der Waals surface area (Å²) in [6.45, 7) is 3.82. The molecule has 0 atom stereocenters. The second kappa shape index (κ2) is 8.17. The SMILES string of the molecule is Cc1nc(C(=O)Nc2ccc(N(C)C)cc2)cc(N2CCCCCC2)n1. The minimum atomic E-state index is -0.204. The zero-order valence-corrected chi connectivity index (χ0v) is 15.8. The number of aromatic nitrogens is 2. The fraction of sp³-hybridized carbons (Fsp3) is 0.450. The zero-order chi connectivity index (χ0) is 18.5. The van der Waals surface area contributed by atoms with Gasteiger partial charge in [0.2, 0.25) is 0 Å². The van der Waals surface area contributed by atoms with E-state index in [1.807, 2.05) is 56.3 Å². The van der Waals surface area contributed by atoms with E-state index in [1.54, 1.807) is 0 Å². The van der Waals surface area contributed by atoms with Crippen molar-refractivity contribution in [1.29, 1.82) is 0 Å². The minimum Gasteiger partial charge on any atom is -0.378 e. The third-order valence-corrected chi connectivity index (χ3v) is 4.63. The van der Waals surface area contributed by atoms with E-state index in [9.17, 15) is 4.79 Å². The third-order valence-electron chi connectivity index (χ3n) is 4.63. The van der Waals surface area contributed by atoms with Gasteiger partial charge >= 0.3 is 0 Å². The van der Waals surface area contributed by atoms with Crippen LogP contribution in [-0.2, 0) is 0 Å². The predicted molar refractivity (Wildman–Crippen MR) is 106 cm³/mol. The number of anilines is 3. The Hall–Kier alpha value is -2.63. The molecule has 1 aliphatic rings. The Morgan fingerprint density at radius 3 is 2.31 bits per heavy atom. The summed E-state index contributed by atoms with van der Waals surface area (Å²) in [5, 5.41) is 2.93. The molecule has 26 heavy (non-hydrogen) atoms. The number of hydrogen-bond donors (Lipinski definition) is 1. The van der Waals surface area contributed by atoms with Crippen LogP contribution in [0, 0.1) is 6.92 Å². The zero-order valence-electron chi connectivity index (χ0n) is 15.8. The van der Waals surface area contributed by atoms with Crippen molar-refractivity contribution in [2.45, 2.75) is 32.6 Å². The van der Waals surface area contributed by atoms with Gasteiger partial charge in [0.1, 0.15) is 17.3 Å². The van der Waals surface area contributed by atoms with Gasteiger partial charge in [0, 0.05) is 44.6 Å². The molecule has 3 rings (SSSR count). The predicted octanol–water partition coefficient (Wildman–Crippen LogP) is 3.48. The molecule has 0 bridgehead atoms. The summed E-state index contributed by atoms with van der Waals surface area (Å²) in [7, 11) is 3.98. The Morgan fingerprint density at radius 1 is 1.04 bits per heavy atom.